The number of amidine groups is 1. The lowest BCUT2D eigenvalue weighted by molar-refractivity contribution is -0.337. The van der Waals surface area contributed by atoms with Crippen molar-refractivity contribution in [3.8, 4) is 34.5 Å². The first kappa shape index (κ1) is 39.3. The van der Waals surface area contributed by atoms with Crippen LogP contribution in [0, 0.1) is 11.3 Å². The largest absolute Gasteiger partial charge is 0.508 e. The summed E-state index contributed by atoms with van der Waals surface area (Å²) >= 11 is 0. The second kappa shape index (κ2) is 15.3. The van der Waals surface area contributed by atoms with E-state index in [9.17, 15) is 40.5 Å². The average Bonchev–Trinajstić information content (AvgIpc) is 3.89. The summed E-state index contributed by atoms with van der Waals surface area (Å²) in [7, 11) is 0. The lowest BCUT2D eigenvalue weighted by atomic mass is 9.64. The van der Waals surface area contributed by atoms with Gasteiger partial charge in [0.1, 0.15) is 65.2 Å². The Morgan fingerprint density at radius 2 is 1.81 bits per heavy atom. The van der Waals surface area contributed by atoms with Crippen molar-refractivity contribution in [3.05, 3.63) is 101 Å². The van der Waals surface area contributed by atoms with Crippen LogP contribution in [0.4, 0.5) is 0 Å². The van der Waals surface area contributed by atoms with E-state index >= 15 is 0 Å². The lowest BCUT2D eigenvalue weighted by Gasteiger charge is -2.55. The van der Waals surface area contributed by atoms with E-state index in [2.05, 4.69) is 15.0 Å². The molecule has 5 aliphatic rings. The Balaban J connectivity index is 1.12. The van der Waals surface area contributed by atoms with Crippen LogP contribution in [0.3, 0.4) is 0 Å². The zero-order valence-electron chi connectivity index (χ0n) is 31.4. The smallest absolute Gasteiger partial charge is 0.336 e. The first-order valence-electron chi connectivity index (χ1n) is 18.7. The number of aliphatic carboxylic acids is 1. The molecule has 0 radical (unpaired) electrons. The number of aryl methyl sites for hydroxylation is 1. The summed E-state index contributed by atoms with van der Waals surface area (Å²) in [5, 5.41) is 86.7. The van der Waals surface area contributed by atoms with E-state index in [-0.39, 0.29) is 53.3 Å². The Bertz CT molecular complexity index is 2390. The van der Waals surface area contributed by atoms with E-state index in [0.717, 1.165) is 17.4 Å². The third-order valence-corrected chi connectivity index (χ3v) is 10.7. The minimum atomic E-state index is -2.62. The maximum absolute atomic E-state index is 12.7. The van der Waals surface area contributed by atoms with Crippen molar-refractivity contribution in [1.29, 1.82) is 5.41 Å². The number of nitrogens with zero attached hydrogens (tertiary/aromatic N) is 3. The van der Waals surface area contributed by atoms with Crippen molar-refractivity contribution in [2.75, 3.05) is 13.2 Å². The fourth-order valence-electron chi connectivity index (χ4n) is 7.72. The molecule has 0 saturated carbocycles. The standard InChI is InChI=1S/C42H40N4O13/c1-2-21-13-22(15-25(47)14-21)19-56-36-32(58-40-41(53)11-9-27(28-18-44-20-45-28)42(54,39(41)52)37(59-40)38(50)51)17-31-34(35(36)49)29(48)16-30(57-31)23-3-6-26(7-4-23)55-12-10-24-5-8-33(43)46-24/h3-9,11,13-17,20,27,30,37,39-40,43,47-49,52-54H,2,10,12,18-19H2,1H3,(H,50,51)/t27-,30?,37-,39+,40-,41-,42-/m1/s1. The van der Waals surface area contributed by atoms with Gasteiger partial charge in [0.15, 0.2) is 23.2 Å². The summed E-state index contributed by atoms with van der Waals surface area (Å²) in [5.41, 5.74) is -2.51. The molecule has 8 rings (SSSR count). The van der Waals surface area contributed by atoms with Crippen LogP contribution >= 0.6 is 0 Å². The number of hydrogen-bond acceptors (Lipinski definition) is 15. The van der Waals surface area contributed by atoms with Crippen LogP contribution in [0.5, 0.6) is 34.5 Å². The average molecular weight is 809 g/mol. The van der Waals surface area contributed by atoms with Crippen LogP contribution < -0.4 is 18.9 Å². The van der Waals surface area contributed by atoms with Gasteiger partial charge in [-0.05, 0) is 65.6 Å². The molecule has 8 N–H and O–H groups in total. The molecule has 0 aromatic heterocycles. The number of hydrogen-bond donors (Lipinski definition) is 8. The number of phenols is 2. The van der Waals surface area contributed by atoms with Crippen molar-refractivity contribution in [2.45, 2.75) is 62.2 Å². The molecule has 3 aromatic rings. The number of aliphatic hydroxyl groups is 4. The lowest BCUT2D eigenvalue weighted by Crippen LogP contribution is -2.78. The molecule has 1 saturated heterocycles. The SMILES string of the molecule is CCc1cc(O)cc(COc2c(O[C@@H]3O[C@H](C(=O)O)[C@]4(O)[C@@H](C5=NC=NC5)C=C[C@@]3(O)[C@@H]4O)cc3c(c2O)C(O)=CC(c2ccc(OCCC4=NC(=N)C=C4)cc2)O3)c1. The van der Waals surface area contributed by atoms with Crippen molar-refractivity contribution < 1.29 is 64.2 Å². The number of carbonyl (C=O) groups is 1. The van der Waals surface area contributed by atoms with Gasteiger partial charge in [0, 0.05) is 24.3 Å². The first-order valence-corrected chi connectivity index (χ1v) is 18.7. The normalized spacial score (nSPS) is 27.7. The molecule has 7 atom stereocenters. The van der Waals surface area contributed by atoms with E-state index in [1.54, 1.807) is 48.6 Å². The Hall–Kier alpha value is -6.53. The molecule has 17 heteroatoms. The predicted octanol–water partition coefficient (Wildman–Crippen LogP) is 3.71. The van der Waals surface area contributed by atoms with Crippen LogP contribution in [0.15, 0.2) is 93.9 Å². The number of rotatable bonds is 13. The number of phenolic OH excluding ortho intramolecular Hbond substituents is 2. The Morgan fingerprint density at radius 1 is 1.03 bits per heavy atom. The van der Waals surface area contributed by atoms with Crippen molar-refractivity contribution in [2.24, 2.45) is 20.9 Å². The van der Waals surface area contributed by atoms with Gasteiger partial charge < -0.3 is 59.4 Å². The first-order chi connectivity index (χ1) is 28.3. The summed E-state index contributed by atoms with van der Waals surface area (Å²) in [5.74, 6) is -4.07. The number of carboxylic acid groups (broad SMARTS) is 1. The van der Waals surface area contributed by atoms with Gasteiger partial charge in [-0.1, -0.05) is 31.2 Å². The van der Waals surface area contributed by atoms with Gasteiger partial charge in [0.25, 0.3) is 0 Å². The molecule has 0 spiro atoms. The van der Waals surface area contributed by atoms with E-state index in [0.29, 0.717) is 36.3 Å². The number of nitrogens with one attached hydrogen (secondary N) is 1. The van der Waals surface area contributed by atoms with Crippen LogP contribution in [0.25, 0.3) is 5.76 Å². The minimum absolute atomic E-state index is 0.0189. The summed E-state index contributed by atoms with van der Waals surface area (Å²) in [6, 6.07) is 12.9. The highest BCUT2D eigenvalue weighted by Gasteiger charge is 2.69. The van der Waals surface area contributed by atoms with Crippen molar-refractivity contribution in [3.63, 3.8) is 0 Å². The number of aromatic hydroxyl groups is 2. The Kier molecular flexibility index (Phi) is 10.2. The van der Waals surface area contributed by atoms with E-state index in [4.69, 9.17) is 29.1 Å². The predicted molar refractivity (Wildman–Crippen MR) is 211 cm³/mol. The van der Waals surface area contributed by atoms with Crippen LogP contribution in [-0.2, 0) is 22.6 Å². The molecule has 306 valence electrons. The molecular formula is C42H40N4O13. The van der Waals surface area contributed by atoms with Gasteiger partial charge in [0.2, 0.25) is 12.0 Å². The minimum Gasteiger partial charge on any atom is -0.508 e. The number of aliphatic hydroxyl groups excluding tert-OH is 2. The number of ether oxygens (including phenoxy) is 5. The molecular weight excluding hydrogens is 768 g/mol. The number of fused-ring (bicyclic) bond motifs is 3. The van der Waals surface area contributed by atoms with Gasteiger partial charge in [0.05, 0.1) is 24.8 Å². The second-order valence-electron chi connectivity index (χ2n) is 14.5. The van der Waals surface area contributed by atoms with Gasteiger partial charge in [-0.2, -0.15) is 0 Å². The fraction of sp³-hybridized carbons (Fsp3) is 0.310. The molecule has 1 unspecified atom stereocenters. The third-order valence-electron chi connectivity index (χ3n) is 10.7. The number of aliphatic imine (C=N–C) groups is 3. The highest BCUT2D eigenvalue weighted by molar-refractivity contribution is 6.14. The Labute approximate surface area is 336 Å². The third kappa shape index (κ3) is 7.18. The van der Waals surface area contributed by atoms with Crippen molar-refractivity contribution in [1.82, 2.24) is 0 Å². The molecule has 17 nitrogen and oxygen atoms in total. The van der Waals surface area contributed by atoms with E-state index < -0.39 is 59.2 Å². The molecule has 2 bridgehead atoms. The maximum atomic E-state index is 12.7. The summed E-state index contributed by atoms with van der Waals surface area (Å²) in [4.78, 5) is 24.9. The van der Waals surface area contributed by atoms with E-state index in [1.165, 1.54) is 30.6 Å². The van der Waals surface area contributed by atoms with Crippen LogP contribution in [0.2, 0.25) is 0 Å². The van der Waals surface area contributed by atoms with Gasteiger partial charge >= 0.3 is 5.97 Å². The monoisotopic (exact) mass is 808 g/mol. The molecule has 4 heterocycles. The molecule has 4 aliphatic heterocycles. The fourth-order valence-corrected chi connectivity index (χ4v) is 7.72. The highest BCUT2D eigenvalue weighted by atomic mass is 16.7. The molecule has 3 aromatic carbocycles. The second-order valence-corrected chi connectivity index (χ2v) is 14.5. The summed E-state index contributed by atoms with van der Waals surface area (Å²) in [6.07, 6.45) is 2.21. The number of benzene rings is 3. The zero-order chi connectivity index (χ0) is 41.6. The van der Waals surface area contributed by atoms with Crippen LogP contribution in [-0.4, -0.2) is 108 Å². The van der Waals surface area contributed by atoms with E-state index in [1.807, 2.05) is 6.92 Å². The quantitative estimate of drug-likeness (QED) is 0.115. The number of carboxylic acids is 1. The van der Waals surface area contributed by atoms with Crippen molar-refractivity contribution >= 4 is 35.3 Å². The molecule has 0 amide bonds. The van der Waals surface area contributed by atoms with Gasteiger partial charge in [-0.15, -0.1) is 0 Å². The summed E-state index contributed by atoms with van der Waals surface area (Å²) < 4.78 is 30.1. The molecule has 1 aliphatic carbocycles. The summed E-state index contributed by atoms with van der Waals surface area (Å²) in [6.45, 7) is 2.00. The maximum Gasteiger partial charge on any atom is 0.336 e. The molecule has 59 heavy (non-hydrogen) atoms. The van der Waals surface area contributed by atoms with Gasteiger partial charge in [-0.3, -0.25) is 10.4 Å². The highest BCUT2D eigenvalue weighted by Crippen LogP contribution is 2.53. The Morgan fingerprint density at radius 3 is 2.51 bits per heavy atom. The zero-order valence-corrected chi connectivity index (χ0v) is 31.4. The number of allylic oxidation sites excluding steroid dienone is 1. The van der Waals surface area contributed by atoms with Crippen LogP contribution in [0.1, 0.15) is 41.7 Å². The van der Waals surface area contributed by atoms with Gasteiger partial charge in [-0.25, -0.2) is 14.8 Å². The molecule has 1 fully saturated rings. The topological polar surface area (TPSA) is 266 Å².